The predicted molar refractivity (Wildman–Crippen MR) is 101 cm³/mol. The number of hydrogen-bond acceptors (Lipinski definition) is 4. The first-order chi connectivity index (χ1) is 10.4. The van der Waals surface area contributed by atoms with E-state index in [9.17, 15) is 0 Å². The maximum Gasteiger partial charge on any atom is 0.382 e. The minimum Gasteiger partial charge on any atom is -0.492 e. The highest BCUT2D eigenvalue weighted by molar-refractivity contribution is 8.06. The maximum absolute atomic E-state index is 6.34. The van der Waals surface area contributed by atoms with Crippen molar-refractivity contribution < 1.29 is 9.26 Å². The number of ether oxygens (including phenoxy) is 1. The Morgan fingerprint density at radius 1 is 1.45 bits per heavy atom. The van der Waals surface area contributed by atoms with Crippen LogP contribution in [0.5, 0.6) is 5.75 Å². The molecule has 22 heavy (non-hydrogen) atoms. The average Bonchev–Trinajstić information content (AvgIpc) is 2.49. The zero-order valence-corrected chi connectivity index (χ0v) is 16.0. The largest absolute Gasteiger partial charge is 0.492 e. The zero-order valence-electron chi connectivity index (χ0n) is 13.4. The summed E-state index contributed by atoms with van der Waals surface area (Å²) in [5.41, 5.74) is 0.954. The van der Waals surface area contributed by atoms with Crippen LogP contribution in [-0.4, -0.2) is 18.0 Å². The van der Waals surface area contributed by atoms with E-state index in [1.165, 1.54) is 5.57 Å². The molecule has 2 rings (SSSR count). The van der Waals surface area contributed by atoms with Crippen molar-refractivity contribution in [3.05, 3.63) is 36.4 Å². The topological polar surface area (TPSA) is 18.5 Å². The molecule has 0 aromatic heterocycles. The van der Waals surface area contributed by atoms with Crippen LogP contribution in [0.4, 0.5) is 0 Å². The van der Waals surface area contributed by atoms with Crippen LogP contribution >= 0.6 is 19.6 Å². The molecule has 0 aliphatic heterocycles. The third kappa shape index (κ3) is 3.91. The molecular formula is C17H24O2PS2+. The van der Waals surface area contributed by atoms with E-state index in [4.69, 9.17) is 33.7 Å². The van der Waals surface area contributed by atoms with Crippen molar-refractivity contribution in [1.29, 1.82) is 0 Å². The van der Waals surface area contributed by atoms with Crippen molar-refractivity contribution in [3.63, 3.8) is 0 Å². The van der Waals surface area contributed by atoms with Gasteiger partial charge < -0.3 is 4.74 Å². The molecule has 1 saturated carbocycles. The molecule has 1 fully saturated rings. The second-order valence-electron chi connectivity index (χ2n) is 6.17. The molecule has 1 unspecified atom stereocenters. The van der Waals surface area contributed by atoms with Crippen molar-refractivity contribution >= 4 is 36.7 Å². The van der Waals surface area contributed by atoms with E-state index in [1.54, 1.807) is 7.11 Å². The second-order valence-corrected chi connectivity index (χ2v) is 8.96. The highest BCUT2D eigenvalue weighted by atomic mass is 32.4. The van der Waals surface area contributed by atoms with Crippen LogP contribution in [0.2, 0.25) is 0 Å². The van der Waals surface area contributed by atoms with Gasteiger partial charge in [-0.25, -0.2) is 0 Å². The summed E-state index contributed by atoms with van der Waals surface area (Å²) >= 11 is 10.5. The molecule has 0 spiro atoms. The first kappa shape index (κ1) is 17.9. The van der Waals surface area contributed by atoms with E-state index in [0.29, 0.717) is 5.92 Å². The number of allylic oxidation sites excluding steroid dienone is 1. The van der Waals surface area contributed by atoms with E-state index < -0.39 is 6.92 Å². The molecule has 0 amide bonds. The van der Waals surface area contributed by atoms with Crippen LogP contribution in [0.15, 0.2) is 36.4 Å². The first-order valence-electron chi connectivity index (χ1n) is 7.50. The van der Waals surface area contributed by atoms with Crippen LogP contribution < -0.4 is 10.0 Å². The lowest BCUT2D eigenvalue weighted by Gasteiger charge is -2.38. The molecule has 1 aliphatic rings. The van der Waals surface area contributed by atoms with Crippen molar-refractivity contribution in [3.8, 4) is 5.75 Å². The second kappa shape index (κ2) is 7.44. The Morgan fingerprint density at radius 2 is 2.14 bits per heavy atom. The lowest BCUT2D eigenvalue weighted by atomic mass is 9.77. The van der Waals surface area contributed by atoms with Gasteiger partial charge in [-0.1, -0.05) is 24.3 Å². The highest BCUT2D eigenvalue weighted by Gasteiger charge is 2.45. The smallest absolute Gasteiger partial charge is 0.382 e. The van der Waals surface area contributed by atoms with Gasteiger partial charge in [0, 0.05) is 5.25 Å². The van der Waals surface area contributed by atoms with Gasteiger partial charge in [0.1, 0.15) is 5.60 Å². The van der Waals surface area contributed by atoms with Gasteiger partial charge in [0.2, 0.25) is 17.1 Å². The van der Waals surface area contributed by atoms with E-state index in [0.717, 1.165) is 30.3 Å². The molecule has 0 heterocycles. The van der Waals surface area contributed by atoms with Crippen LogP contribution in [0.3, 0.4) is 0 Å². The van der Waals surface area contributed by atoms with Gasteiger partial charge in [-0.2, -0.15) is 17.2 Å². The Balaban J connectivity index is 2.12. The Kier molecular flexibility index (Phi) is 6.07. The highest BCUT2D eigenvalue weighted by Crippen LogP contribution is 2.45. The molecule has 0 saturated heterocycles. The first-order valence-corrected chi connectivity index (χ1v) is 10.3. The zero-order chi connectivity index (χ0) is 16.3. The summed E-state index contributed by atoms with van der Waals surface area (Å²) in [6.45, 7) is 7.18. The minimum atomic E-state index is -1.14. The van der Waals surface area contributed by atoms with Crippen LogP contribution in [-0.2, 0) is 16.3 Å². The molecule has 0 radical (unpaired) electrons. The number of benzene rings is 1. The Bertz CT molecular complexity index is 576. The number of thiol groups is 1. The SMILES string of the molecule is C=C(C)[C@@H]1CC[C@](C)(O[P+](=S)c2ccccc2OC)[C@@H](S)C1. The van der Waals surface area contributed by atoms with E-state index >= 15 is 0 Å². The van der Waals surface area contributed by atoms with Crippen molar-refractivity contribution in [2.24, 2.45) is 5.92 Å². The maximum atomic E-state index is 6.34. The van der Waals surface area contributed by atoms with Gasteiger partial charge in [-0.05, 0) is 51.2 Å². The number of para-hydroxylation sites is 1. The van der Waals surface area contributed by atoms with Crippen LogP contribution in [0.25, 0.3) is 0 Å². The number of methoxy groups -OCH3 is 1. The molecule has 0 N–H and O–H groups in total. The summed E-state index contributed by atoms with van der Waals surface area (Å²) in [6, 6.07) is 7.84. The van der Waals surface area contributed by atoms with E-state index in [1.807, 2.05) is 24.3 Å². The lowest BCUT2D eigenvalue weighted by Crippen LogP contribution is -2.43. The normalized spacial score (nSPS) is 29.0. The molecule has 2 nitrogen and oxygen atoms in total. The summed E-state index contributed by atoms with van der Waals surface area (Å²) in [5.74, 6) is 1.35. The Hall–Kier alpha value is -0.410. The summed E-state index contributed by atoms with van der Waals surface area (Å²) in [6.07, 6.45) is 3.05. The molecule has 120 valence electrons. The fourth-order valence-corrected chi connectivity index (χ4v) is 5.57. The van der Waals surface area contributed by atoms with Crippen LogP contribution in [0.1, 0.15) is 33.1 Å². The lowest BCUT2D eigenvalue weighted by molar-refractivity contribution is 0.0626. The molecule has 0 bridgehead atoms. The quantitative estimate of drug-likeness (QED) is 0.472. The Morgan fingerprint density at radius 3 is 2.73 bits per heavy atom. The summed E-state index contributed by atoms with van der Waals surface area (Å²) in [5, 5.41) is 1.14. The van der Waals surface area contributed by atoms with Gasteiger partial charge in [-0.15, -0.1) is 0 Å². The molecule has 1 aromatic carbocycles. The molecule has 5 heteroatoms. The van der Waals surface area contributed by atoms with Crippen molar-refractivity contribution in [1.82, 2.24) is 0 Å². The fraction of sp³-hybridized carbons (Fsp3) is 0.529. The van der Waals surface area contributed by atoms with Gasteiger partial charge in [0.05, 0.1) is 7.11 Å². The van der Waals surface area contributed by atoms with Crippen molar-refractivity contribution in [2.45, 2.75) is 44.0 Å². The standard InChI is InChI=1S/C17H23O2PS2/c1-12(2)13-9-10-17(3,16(21)11-13)19-20(22)15-8-6-5-7-14(15)18-4/h5-8,13,16H,1,9-11H2,2-4H3/p+1/t13-,16+,17+/m1/s1. The third-order valence-corrected chi connectivity index (χ3v) is 7.39. The average molecular weight is 355 g/mol. The number of rotatable bonds is 5. The van der Waals surface area contributed by atoms with Crippen LogP contribution in [0, 0.1) is 5.92 Å². The fourth-order valence-electron chi connectivity index (χ4n) is 2.84. The monoisotopic (exact) mass is 355 g/mol. The van der Waals surface area contributed by atoms with Gasteiger partial charge in [0.25, 0.3) is 0 Å². The minimum absolute atomic E-state index is 0.172. The van der Waals surface area contributed by atoms with Gasteiger partial charge >= 0.3 is 6.92 Å². The number of hydrogen-bond donors (Lipinski definition) is 1. The predicted octanol–water partition coefficient (Wildman–Crippen LogP) is 4.63. The van der Waals surface area contributed by atoms with Crippen molar-refractivity contribution in [2.75, 3.05) is 7.11 Å². The molecule has 4 atom stereocenters. The molecule has 1 aliphatic carbocycles. The third-order valence-electron chi connectivity index (χ3n) is 4.47. The van der Waals surface area contributed by atoms with Gasteiger partial charge in [0.15, 0.2) is 5.75 Å². The summed E-state index contributed by atoms with van der Waals surface area (Å²) < 4.78 is 11.7. The van der Waals surface area contributed by atoms with E-state index in [-0.39, 0.29) is 10.9 Å². The Labute approximate surface area is 145 Å². The molecule has 1 aromatic rings. The summed E-state index contributed by atoms with van der Waals surface area (Å²) in [7, 11) is 1.67. The molecular weight excluding hydrogens is 331 g/mol. The summed E-state index contributed by atoms with van der Waals surface area (Å²) in [4.78, 5) is 0. The van der Waals surface area contributed by atoms with Gasteiger partial charge in [-0.3, -0.25) is 0 Å². The van der Waals surface area contributed by atoms with E-state index in [2.05, 4.69) is 20.4 Å².